The van der Waals surface area contributed by atoms with Gasteiger partial charge in [-0.25, -0.2) is 4.39 Å². The second kappa shape index (κ2) is 6.13. The van der Waals surface area contributed by atoms with Crippen LogP contribution in [0, 0.1) is 12.7 Å². The predicted molar refractivity (Wildman–Crippen MR) is 65.9 cm³/mol. The van der Waals surface area contributed by atoms with Crippen molar-refractivity contribution in [1.82, 2.24) is 5.32 Å². The van der Waals surface area contributed by atoms with Crippen LogP contribution in [0.15, 0.2) is 18.2 Å². The molecule has 84 valence electrons. The molecule has 0 aliphatic heterocycles. The van der Waals surface area contributed by atoms with Crippen molar-refractivity contribution < 1.29 is 4.39 Å². The molecular weight excluding hydrogens is 209 g/mol. The van der Waals surface area contributed by atoms with Gasteiger partial charge >= 0.3 is 0 Å². The molecule has 1 N–H and O–H groups in total. The average Bonchev–Trinajstić information content (AvgIpc) is 2.17. The number of hydrogen-bond donors (Lipinski definition) is 1. The molecule has 0 fully saturated rings. The number of hydrogen-bond acceptors (Lipinski definition) is 2. The topological polar surface area (TPSA) is 12.0 Å². The van der Waals surface area contributed by atoms with Gasteiger partial charge in [0.1, 0.15) is 5.82 Å². The van der Waals surface area contributed by atoms with E-state index in [2.05, 4.69) is 11.6 Å². The molecule has 0 spiro atoms. The van der Waals surface area contributed by atoms with Gasteiger partial charge in [0, 0.05) is 6.04 Å². The Morgan fingerprint density at radius 2 is 2.13 bits per heavy atom. The molecule has 0 aliphatic carbocycles. The first-order valence-corrected chi connectivity index (χ1v) is 6.50. The molecule has 0 saturated carbocycles. The molecule has 0 heterocycles. The van der Waals surface area contributed by atoms with Gasteiger partial charge in [0.2, 0.25) is 0 Å². The minimum Gasteiger partial charge on any atom is -0.313 e. The SMILES string of the molecule is CNC(CCSC)c1cc(C)cc(F)c1. The summed E-state index contributed by atoms with van der Waals surface area (Å²) in [6, 6.07) is 5.48. The smallest absolute Gasteiger partial charge is 0.123 e. The van der Waals surface area contributed by atoms with E-state index in [4.69, 9.17) is 0 Å². The molecule has 1 aromatic carbocycles. The first-order chi connectivity index (χ1) is 7.17. The fraction of sp³-hybridized carbons (Fsp3) is 0.500. The molecule has 0 radical (unpaired) electrons. The van der Waals surface area contributed by atoms with Crippen molar-refractivity contribution in [3.63, 3.8) is 0 Å². The van der Waals surface area contributed by atoms with Gasteiger partial charge in [-0.2, -0.15) is 11.8 Å². The average molecular weight is 227 g/mol. The van der Waals surface area contributed by atoms with E-state index in [1.54, 1.807) is 12.1 Å². The van der Waals surface area contributed by atoms with Crippen LogP contribution in [-0.4, -0.2) is 19.1 Å². The highest BCUT2D eigenvalue weighted by atomic mass is 32.2. The Morgan fingerprint density at radius 3 is 2.67 bits per heavy atom. The third-order valence-electron chi connectivity index (χ3n) is 2.43. The van der Waals surface area contributed by atoms with Crippen molar-refractivity contribution in [2.24, 2.45) is 0 Å². The molecule has 3 heteroatoms. The first-order valence-electron chi connectivity index (χ1n) is 5.10. The number of thioether (sulfide) groups is 1. The summed E-state index contributed by atoms with van der Waals surface area (Å²) in [6.07, 6.45) is 3.12. The van der Waals surface area contributed by atoms with Crippen molar-refractivity contribution in [1.29, 1.82) is 0 Å². The van der Waals surface area contributed by atoms with Crippen molar-refractivity contribution >= 4 is 11.8 Å². The van der Waals surface area contributed by atoms with E-state index in [0.29, 0.717) is 0 Å². The summed E-state index contributed by atoms with van der Waals surface area (Å²) in [5, 5.41) is 3.23. The lowest BCUT2D eigenvalue weighted by Crippen LogP contribution is -2.17. The lowest BCUT2D eigenvalue weighted by molar-refractivity contribution is 0.568. The quantitative estimate of drug-likeness (QED) is 0.829. The maximum absolute atomic E-state index is 13.2. The van der Waals surface area contributed by atoms with Gasteiger partial charge in [-0.3, -0.25) is 0 Å². The van der Waals surface area contributed by atoms with Crippen molar-refractivity contribution in [2.45, 2.75) is 19.4 Å². The highest BCUT2D eigenvalue weighted by Gasteiger charge is 2.09. The van der Waals surface area contributed by atoms with Gasteiger partial charge in [-0.15, -0.1) is 0 Å². The zero-order valence-corrected chi connectivity index (χ0v) is 10.3. The predicted octanol–water partition coefficient (Wildman–Crippen LogP) is 3.15. The highest BCUT2D eigenvalue weighted by Crippen LogP contribution is 2.20. The van der Waals surface area contributed by atoms with Gasteiger partial charge in [-0.1, -0.05) is 6.07 Å². The van der Waals surface area contributed by atoms with Gasteiger partial charge in [0.15, 0.2) is 0 Å². The number of nitrogens with one attached hydrogen (secondary N) is 1. The van der Waals surface area contributed by atoms with Crippen LogP contribution in [0.3, 0.4) is 0 Å². The lowest BCUT2D eigenvalue weighted by atomic mass is 10.0. The van der Waals surface area contributed by atoms with E-state index in [9.17, 15) is 4.39 Å². The monoisotopic (exact) mass is 227 g/mol. The van der Waals surface area contributed by atoms with Crippen molar-refractivity contribution in [3.05, 3.63) is 35.1 Å². The minimum atomic E-state index is -0.144. The zero-order chi connectivity index (χ0) is 11.3. The molecule has 1 atom stereocenters. The Bertz CT molecular complexity index is 294. The number of aryl methyl sites for hydroxylation is 1. The van der Waals surface area contributed by atoms with Gasteiger partial charge in [0.05, 0.1) is 0 Å². The highest BCUT2D eigenvalue weighted by molar-refractivity contribution is 7.98. The summed E-state index contributed by atoms with van der Waals surface area (Å²) in [7, 11) is 1.92. The van der Waals surface area contributed by atoms with Gasteiger partial charge < -0.3 is 5.32 Å². The van der Waals surface area contributed by atoms with E-state index in [-0.39, 0.29) is 11.9 Å². The molecule has 1 rings (SSSR count). The number of halogens is 1. The van der Waals surface area contributed by atoms with Crippen LogP contribution in [0.1, 0.15) is 23.6 Å². The molecule has 0 saturated heterocycles. The standard InChI is InChI=1S/C12H18FNS/c1-9-6-10(8-11(13)7-9)12(14-2)4-5-15-3/h6-8,12,14H,4-5H2,1-3H3. The third kappa shape index (κ3) is 3.84. The zero-order valence-electron chi connectivity index (χ0n) is 9.51. The van der Waals surface area contributed by atoms with Crippen LogP contribution in [0.2, 0.25) is 0 Å². The molecule has 15 heavy (non-hydrogen) atoms. The van der Waals surface area contributed by atoms with E-state index in [0.717, 1.165) is 23.3 Å². The fourth-order valence-electron chi connectivity index (χ4n) is 1.68. The van der Waals surface area contributed by atoms with Crippen LogP contribution in [-0.2, 0) is 0 Å². The second-order valence-corrected chi connectivity index (χ2v) is 4.67. The minimum absolute atomic E-state index is 0.144. The number of benzene rings is 1. The summed E-state index contributed by atoms with van der Waals surface area (Å²) in [6.45, 7) is 1.92. The maximum Gasteiger partial charge on any atom is 0.123 e. The van der Waals surface area contributed by atoms with Gasteiger partial charge in [-0.05, 0) is 55.7 Å². The summed E-state index contributed by atoms with van der Waals surface area (Å²) in [5.74, 6) is 0.940. The molecule has 1 nitrogen and oxygen atoms in total. The Morgan fingerprint density at radius 1 is 1.40 bits per heavy atom. The molecule has 0 aromatic heterocycles. The first kappa shape index (κ1) is 12.5. The summed E-state index contributed by atoms with van der Waals surface area (Å²) in [4.78, 5) is 0. The van der Waals surface area contributed by atoms with Crippen LogP contribution < -0.4 is 5.32 Å². The maximum atomic E-state index is 13.2. The van der Waals surface area contributed by atoms with Crippen molar-refractivity contribution in [3.8, 4) is 0 Å². The lowest BCUT2D eigenvalue weighted by Gasteiger charge is -2.16. The van der Waals surface area contributed by atoms with E-state index < -0.39 is 0 Å². The Hall–Kier alpha value is -0.540. The van der Waals surface area contributed by atoms with Crippen LogP contribution in [0.4, 0.5) is 4.39 Å². The van der Waals surface area contributed by atoms with E-state index in [1.807, 2.05) is 31.8 Å². The van der Waals surface area contributed by atoms with Crippen LogP contribution in [0.25, 0.3) is 0 Å². The summed E-state index contributed by atoms with van der Waals surface area (Å²) < 4.78 is 13.2. The molecule has 0 aliphatic rings. The Labute approximate surface area is 95.5 Å². The van der Waals surface area contributed by atoms with Crippen molar-refractivity contribution in [2.75, 3.05) is 19.1 Å². The second-order valence-electron chi connectivity index (χ2n) is 3.68. The molecule has 0 bridgehead atoms. The normalized spacial score (nSPS) is 12.8. The third-order valence-corrected chi connectivity index (χ3v) is 3.07. The van der Waals surface area contributed by atoms with E-state index >= 15 is 0 Å². The summed E-state index contributed by atoms with van der Waals surface area (Å²) in [5.41, 5.74) is 2.03. The largest absolute Gasteiger partial charge is 0.313 e. The molecule has 0 amide bonds. The fourth-order valence-corrected chi connectivity index (χ4v) is 2.15. The number of rotatable bonds is 5. The van der Waals surface area contributed by atoms with Gasteiger partial charge in [0.25, 0.3) is 0 Å². The van der Waals surface area contributed by atoms with Crippen LogP contribution >= 0.6 is 11.8 Å². The molecule has 1 unspecified atom stereocenters. The Balaban J connectivity index is 2.81. The molecular formula is C12H18FNS. The Kier molecular flexibility index (Phi) is 5.12. The van der Waals surface area contributed by atoms with E-state index in [1.165, 1.54) is 0 Å². The molecule has 1 aromatic rings. The summed E-state index contributed by atoms with van der Waals surface area (Å²) >= 11 is 1.81. The van der Waals surface area contributed by atoms with Crippen LogP contribution in [0.5, 0.6) is 0 Å².